The van der Waals surface area contributed by atoms with Crippen LogP contribution >= 0.6 is 11.6 Å². The molecule has 0 fully saturated rings. The zero-order chi connectivity index (χ0) is 26.5. The first kappa shape index (κ1) is 26.1. The van der Waals surface area contributed by atoms with E-state index in [1.54, 1.807) is 49.7 Å². The number of nitrogens with zero attached hydrogens (tertiary/aromatic N) is 1. The molecule has 0 atom stereocenters. The van der Waals surface area contributed by atoms with Crippen LogP contribution < -0.4 is 18.9 Å². The van der Waals surface area contributed by atoms with Gasteiger partial charge in [0.1, 0.15) is 35.3 Å². The molecule has 0 saturated heterocycles. The second-order valence-corrected chi connectivity index (χ2v) is 8.58. The third kappa shape index (κ3) is 5.55. The molecule has 8 nitrogen and oxygen atoms in total. The number of halogens is 1. The number of ketones is 1. The molecule has 0 amide bonds. The number of rotatable bonds is 10. The molecule has 2 N–H and O–H groups in total. The number of aryl methyl sites for hydroxylation is 1. The van der Waals surface area contributed by atoms with E-state index in [2.05, 4.69) is 4.98 Å². The van der Waals surface area contributed by atoms with E-state index >= 15 is 0 Å². The van der Waals surface area contributed by atoms with Crippen LogP contribution in [0.3, 0.4) is 0 Å². The Kier molecular flexibility index (Phi) is 8.01. The lowest BCUT2D eigenvalue weighted by molar-refractivity contribution is 0.106. The van der Waals surface area contributed by atoms with Crippen molar-refractivity contribution in [2.24, 2.45) is 4.99 Å². The molecule has 192 valence electrons. The highest BCUT2D eigenvalue weighted by Gasteiger charge is 2.24. The number of fused-ring (bicyclic) bond motifs is 1. The molecule has 0 aliphatic rings. The molecule has 37 heavy (non-hydrogen) atoms. The van der Waals surface area contributed by atoms with Crippen LogP contribution in [0.15, 0.2) is 59.7 Å². The topological polar surface area (TPSA) is 102 Å². The number of methoxy groups -OCH3 is 3. The number of nitrogens with one attached hydrogen (secondary N) is 1. The molecule has 1 heterocycles. The third-order valence-electron chi connectivity index (χ3n) is 5.78. The van der Waals surface area contributed by atoms with E-state index in [4.69, 9.17) is 40.6 Å². The molecule has 4 rings (SSSR count). The molecule has 0 bridgehead atoms. The second kappa shape index (κ2) is 11.4. The van der Waals surface area contributed by atoms with Crippen molar-refractivity contribution in [1.29, 1.82) is 0 Å². The highest BCUT2D eigenvalue weighted by molar-refractivity contribution is 6.53. The summed E-state index contributed by atoms with van der Waals surface area (Å²) in [7, 11) is 4.63. The van der Waals surface area contributed by atoms with Crippen molar-refractivity contribution in [2.45, 2.75) is 6.92 Å². The molecule has 0 radical (unpaired) electrons. The summed E-state index contributed by atoms with van der Waals surface area (Å²) < 4.78 is 21.9. The van der Waals surface area contributed by atoms with Gasteiger partial charge in [-0.3, -0.25) is 4.79 Å². The van der Waals surface area contributed by atoms with Crippen molar-refractivity contribution in [3.05, 3.63) is 76.4 Å². The van der Waals surface area contributed by atoms with Gasteiger partial charge >= 0.3 is 0 Å². The summed E-state index contributed by atoms with van der Waals surface area (Å²) in [5.41, 5.74) is 3.13. The fourth-order valence-corrected chi connectivity index (χ4v) is 4.16. The number of hydrogen-bond donors (Lipinski definition) is 2. The third-order valence-corrected chi connectivity index (χ3v) is 6.01. The summed E-state index contributed by atoms with van der Waals surface area (Å²) in [5, 5.41) is 10.3. The first-order valence-corrected chi connectivity index (χ1v) is 11.8. The average molecular weight is 523 g/mol. The number of aromatic nitrogens is 1. The van der Waals surface area contributed by atoms with Crippen LogP contribution in [0, 0.1) is 6.92 Å². The van der Waals surface area contributed by atoms with Gasteiger partial charge < -0.3 is 29.0 Å². The second-order valence-electron chi connectivity index (χ2n) is 8.14. The maximum atomic E-state index is 14.1. The van der Waals surface area contributed by atoms with Crippen LogP contribution in [0.1, 0.15) is 21.5 Å². The number of carbonyl (C=O) groups is 1. The Bertz CT molecular complexity index is 1480. The van der Waals surface area contributed by atoms with Gasteiger partial charge in [-0.15, -0.1) is 0 Å². The van der Waals surface area contributed by atoms with Crippen LogP contribution in [0.4, 0.5) is 5.69 Å². The number of H-pyrrole nitrogens is 1. The summed E-state index contributed by atoms with van der Waals surface area (Å²) in [5.74, 6) is 1.72. The fourth-order valence-electron chi connectivity index (χ4n) is 4.00. The number of aliphatic hydroxyl groups excluding tert-OH is 1. The fraction of sp³-hybridized carbons (Fsp3) is 0.214. The molecule has 9 heteroatoms. The van der Waals surface area contributed by atoms with E-state index in [-0.39, 0.29) is 24.7 Å². The lowest BCUT2D eigenvalue weighted by Gasteiger charge is -2.13. The zero-order valence-corrected chi connectivity index (χ0v) is 21.7. The van der Waals surface area contributed by atoms with Crippen LogP contribution in [-0.2, 0) is 0 Å². The number of ether oxygens (including phenoxy) is 4. The first-order chi connectivity index (χ1) is 17.9. The Balaban J connectivity index is 1.91. The molecule has 4 aromatic rings. The summed E-state index contributed by atoms with van der Waals surface area (Å²) in [6.07, 6.45) is 1.66. The van der Waals surface area contributed by atoms with Crippen LogP contribution in [0.5, 0.6) is 23.0 Å². The van der Waals surface area contributed by atoms with Crippen molar-refractivity contribution in [2.75, 3.05) is 34.5 Å². The summed E-state index contributed by atoms with van der Waals surface area (Å²) in [6.45, 7) is 1.87. The van der Waals surface area contributed by atoms with Crippen molar-refractivity contribution in [3.63, 3.8) is 0 Å². The Morgan fingerprint density at radius 3 is 2.41 bits per heavy atom. The molecule has 3 aromatic carbocycles. The highest BCUT2D eigenvalue weighted by Crippen LogP contribution is 2.33. The predicted molar refractivity (Wildman–Crippen MR) is 144 cm³/mol. The van der Waals surface area contributed by atoms with Crippen molar-refractivity contribution in [3.8, 4) is 23.0 Å². The number of aliphatic hydroxyl groups is 1. The number of aromatic amines is 1. The van der Waals surface area contributed by atoms with Crippen molar-refractivity contribution >= 4 is 39.7 Å². The van der Waals surface area contributed by atoms with Crippen LogP contribution in [0.25, 0.3) is 10.9 Å². The maximum Gasteiger partial charge on any atom is 0.214 e. The number of aliphatic imine (C=N–C) groups is 1. The average Bonchev–Trinajstić information content (AvgIpc) is 3.32. The Morgan fingerprint density at radius 1 is 0.946 bits per heavy atom. The Hall–Kier alpha value is -4.01. The molecule has 1 aromatic heterocycles. The Labute approximate surface area is 219 Å². The van der Waals surface area contributed by atoms with Gasteiger partial charge in [-0.05, 0) is 36.8 Å². The van der Waals surface area contributed by atoms with E-state index < -0.39 is 0 Å². The van der Waals surface area contributed by atoms with Crippen molar-refractivity contribution in [1.82, 2.24) is 4.98 Å². The van der Waals surface area contributed by atoms with Gasteiger partial charge in [-0.25, -0.2) is 4.99 Å². The minimum Gasteiger partial charge on any atom is -0.497 e. The number of carbonyl (C=O) groups excluding carboxylic acids is 1. The molecule has 0 aliphatic heterocycles. The quantitative estimate of drug-likeness (QED) is 0.210. The zero-order valence-electron chi connectivity index (χ0n) is 20.9. The summed E-state index contributed by atoms with van der Waals surface area (Å²) >= 11 is 6.20. The predicted octanol–water partition coefficient (Wildman–Crippen LogP) is 5.53. The highest BCUT2D eigenvalue weighted by atomic mass is 35.5. The first-order valence-electron chi connectivity index (χ1n) is 11.4. The minimum absolute atomic E-state index is 0.102. The minimum atomic E-state index is -0.322. The monoisotopic (exact) mass is 522 g/mol. The smallest absolute Gasteiger partial charge is 0.214 e. The molecule has 0 spiro atoms. The lowest BCUT2D eigenvalue weighted by Crippen LogP contribution is -2.16. The number of Topliss-reactive ketones (excluding diaryl/α,β-unsaturated/α-hetero) is 1. The Morgan fingerprint density at radius 2 is 1.70 bits per heavy atom. The van der Waals surface area contributed by atoms with E-state index in [9.17, 15) is 4.79 Å². The number of benzene rings is 3. The van der Waals surface area contributed by atoms with Crippen LogP contribution in [0.2, 0.25) is 5.02 Å². The molecule has 0 unspecified atom stereocenters. The number of hydrogen-bond acceptors (Lipinski definition) is 7. The van der Waals surface area contributed by atoms with Gasteiger partial charge in [0.05, 0.1) is 33.6 Å². The van der Waals surface area contributed by atoms with E-state index in [1.165, 1.54) is 14.2 Å². The van der Waals surface area contributed by atoms with E-state index in [0.717, 1.165) is 16.5 Å². The molecule has 0 aliphatic carbocycles. The maximum absolute atomic E-state index is 14.1. The molecular weight excluding hydrogens is 496 g/mol. The van der Waals surface area contributed by atoms with Crippen LogP contribution in [-0.4, -0.2) is 56.1 Å². The summed E-state index contributed by atoms with van der Waals surface area (Å²) in [4.78, 5) is 22.0. The van der Waals surface area contributed by atoms with Gasteiger partial charge in [0.15, 0.2) is 0 Å². The molecular formula is C28H27ClN2O6. The van der Waals surface area contributed by atoms with E-state index in [1.807, 2.05) is 19.1 Å². The van der Waals surface area contributed by atoms with Gasteiger partial charge in [0.25, 0.3) is 0 Å². The van der Waals surface area contributed by atoms with Gasteiger partial charge in [0.2, 0.25) is 5.78 Å². The van der Waals surface area contributed by atoms with Gasteiger partial charge in [-0.1, -0.05) is 11.6 Å². The van der Waals surface area contributed by atoms with Gasteiger partial charge in [0, 0.05) is 57.5 Å². The standard InChI is InChI=1S/C28H27ClN2O6/c1-16-9-22-23(15-30-24(22)14-25(16)35-3)28(33)27(21-6-5-17(29)10-26(21)36-4)31-18-11-19(34-2)13-20(12-18)37-8-7-32/h5-6,9-15,30,32H,7-8H2,1-4H3/b31-27+. The van der Waals surface area contributed by atoms with Crippen molar-refractivity contribution < 1.29 is 28.8 Å². The lowest BCUT2D eigenvalue weighted by atomic mass is 9.98. The molecule has 0 saturated carbocycles. The van der Waals surface area contributed by atoms with E-state index in [0.29, 0.717) is 44.8 Å². The SMILES string of the molecule is COc1cc(/N=C(/C(=O)c2c[nH]c3cc(OC)c(C)cc23)c2ccc(Cl)cc2OC)cc(OCCO)c1. The normalized spacial score (nSPS) is 11.5. The summed E-state index contributed by atoms with van der Waals surface area (Å²) in [6, 6.07) is 13.8. The largest absolute Gasteiger partial charge is 0.497 e. The van der Waals surface area contributed by atoms with Gasteiger partial charge in [-0.2, -0.15) is 0 Å².